The van der Waals surface area contributed by atoms with Crippen LogP contribution in [-0.2, 0) is 5.75 Å². The number of halogens is 3. The van der Waals surface area contributed by atoms with Gasteiger partial charge in [-0.3, -0.25) is 10.1 Å². The molecule has 0 amide bonds. The van der Waals surface area contributed by atoms with Crippen LogP contribution in [0.3, 0.4) is 0 Å². The van der Waals surface area contributed by atoms with Crippen LogP contribution in [-0.4, -0.2) is 4.92 Å². The second kappa shape index (κ2) is 5.96. The molecule has 0 aromatic heterocycles. The lowest BCUT2D eigenvalue weighted by Crippen LogP contribution is -1.96. The summed E-state index contributed by atoms with van der Waals surface area (Å²) >= 11 is 0.939. The number of nitrogens with zero attached hydrogens (tertiary/aromatic N) is 1. The molecule has 0 bridgehead atoms. The van der Waals surface area contributed by atoms with Crippen molar-refractivity contribution < 1.29 is 18.1 Å². The zero-order valence-corrected chi connectivity index (χ0v) is 10.8. The van der Waals surface area contributed by atoms with E-state index in [2.05, 4.69) is 0 Å². The highest BCUT2D eigenvalue weighted by atomic mass is 32.2. The third kappa shape index (κ3) is 3.11. The maximum absolute atomic E-state index is 13.8. The Morgan fingerprint density at radius 1 is 1.15 bits per heavy atom. The highest BCUT2D eigenvalue weighted by Gasteiger charge is 2.17. The van der Waals surface area contributed by atoms with E-state index in [0.717, 1.165) is 30.0 Å². The second-order valence-corrected chi connectivity index (χ2v) is 4.89. The van der Waals surface area contributed by atoms with Crippen molar-refractivity contribution in [2.24, 2.45) is 0 Å². The second-order valence-electron chi connectivity index (χ2n) is 3.87. The zero-order valence-electron chi connectivity index (χ0n) is 9.98. The van der Waals surface area contributed by atoms with Gasteiger partial charge in [0.2, 0.25) is 5.82 Å². The van der Waals surface area contributed by atoms with Crippen LogP contribution in [0.4, 0.5) is 18.9 Å². The van der Waals surface area contributed by atoms with E-state index in [4.69, 9.17) is 0 Å². The Morgan fingerprint density at radius 3 is 2.55 bits per heavy atom. The van der Waals surface area contributed by atoms with Gasteiger partial charge >= 0.3 is 5.69 Å². The standard InChI is InChI=1S/C13H8F3NO2S/c14-9-4-5-12(10(15)6-9)20-7-8-2-1-3-11(13(8)16)17(18)19/h1-6H,7H2. The lowest BCUT2D eigenvalue weighted by Gasteiger charge is -2.05. The summed E-state index contributed by atoms with van der Waals surface area (Å²) in [7, 11) is 0. The van der Waals surface area contributed by atoms with Crippen LogP contribution >= 0.6 is 11.8 Å². The average Bonchev–Trinajstić information content (AvgIpc) is 2.39. The minimum absolute atomic E-state index is 0.00999. The first-order valence-electron chi connectivity index (χ1n) is 5.48. The molecule has 0 aliphatic carbocycles. The molecule has 0 atom stereocenters. The molecule has 7 heteroatoms. The maximum atomic E-state index is 13.8. The molecular formula is C13H8F3NO2S. The lowest BCUT2D eigenvalue weighted by atomic mass is 10.2. The summed E-state index contributed by atoms with van der Waals surface area (Å²) in [5.74, 6) is -2.38. The van der Waals surface area contributed by atoms with Gasteiger partial charge in [-0.25, -0.2) is 8.78 Å². The molecule has 0 spiro atoms. The van der Waals surface area contributed by atoms with E-state index in [0.29, 0.717) is 0 Å². The molecule has 0 aliphatic rings. The van der Waals surface area contributed by atoms with Crippen molar-refractivity contribution in [2.45, 2.75) is 10.6 Å². The average molecular weight is 299 g/mol. The van der Waals surface area contributed by atoms with Crippen LogP contribution < -0.4 is 0 Å². The van der Waals surface area contributed by atoms with Crippen LogP contribution in [0.2, 0.25) is 0 Å². The fourth-order valence-corrected chi connectivity index (χ4v) is 2.46. The van der Waals surface area contributed by atoms with Gasteiger partial charge < -0.3 is 0 Å². The molecule has 0 unspecified atom stereocenters. The van der Waals surface area contributed by atoms with E-state index < -0.39 is 28.1 Å². The topological polar surface area (TPSA) is 43.1 Å². The normalized spacial score (nSPS) is 10.6. The molecule has 0 saturated heterocycles. The fourth-order valence-electron chi connectivity index (χ4n) is 1.57. The number of hydrogen-bond acceptors (Lipinski definition) is 3. The molecule has 2 aromatic carbocycles. The Hall–Kier alpha value is -2.02. The zero-order chi connectivity index (χ0) is 14.7. The third-order valence-electron chi connectivity index (χ3n) is 2.53. The Bertz CT molecular complexity index is 664. The molecule has 0 N–H and O–H groups in total. The Balaban J connectivity index is 2.19. The van der Waals surface area contributed by atoms with Crippen LogP contribution in [0.15, 0.2) is 41.3 Å². The van der Waals surface area contributed by atoms with Gasteiger partial charge in [0.1, 0.15) is 11.6 Å². The van der Waals surface area contributed by atoms with Gasteiger partial charge in [0.05, 0.1) is 4.92 Å². The van der Waals surface area contributed by atoms with Crippen molar-refractivity contribution in [2.75, 3.05) is 0 Å². The van der Waals surface area contributed by atoms with Gasteiger partial charge in [0, 0.05) is 28.3 Å². The third-order valence-corrected chi connectivity index (χ3v) is 3.63. The first kappa shape index (κ1) is 14.4. The van der Waals surface area contributed by atoms with Crippen LogP contribution in [0.5, 0.6) is 0 Å². The van der Waals surface area contributed by atoms with Gasteiger partial charge in [-0.05, 0) is 12.1 Å². The van der Waals surface area contributed by atoms with Crippen molar-refractivity contribution in [3.05, 3.63) is 69.5 Å². The van der Waals surface area contributed by atoms with Gasteiger partial charge in [-0.15, -0.1) is 11.8 Å². The van der Waals surface area contributed by atoms with Gasteiger partial charge in [0.25, 0.3) is 0 Å². The molecule has 2 rings (SSSR count). The molecule has 2 aromatic rings. The summed E-state index contributed by atoms with van der Waals surface area (Å²) in [6.07, 6.45) is 0. The summed E-state index contributed by atoms with van der Waals surface area (Å²) < 4.78 is 39.9. The van der Waals surface area contributed by atoms with E-state index in [1.54, 1.807) is 0 Å². The summed E-state index contributed by atoms with van der Waals surface area (Å²) in [5.41, 5.74) is -0.532. The summed E-state index contributed by atoms with van der Waals surface area (Å²) in [6.45, 7) is 0. The Morgan fingerprint density at radius 2 is 1.90 bits per heavy atom. The van der Waals surface area contributed by atoms with E-state index in [-0.39, 0.29) is 16.2 Å². The van der Waals surface area contributed by atoms with Crippen molar-refractivity contribution in [3.8, 4) is 0 Å². The number of rotatable bonds is 4. The van der Waals surface area contributed by atoms with Crippen molar-refractivity contribution in [3.63, 3.8) is 0 Å². The van der Waals surface area contributed by atoms with E-state index in [9.17, 15) is 23.3 Å². The molecule has 104 valence electrons. The van der Waals surface area contributed by atoms with E-state index in [1.165, 1.54) is 18.2 Å². The first-order chi connectivity index (χ1) is 9.49. The predicted octanol–water partition coefficient (Wildman–Crippen LogP) is 4.30. The molecule has 0 fully saturated rings. The first-order valence-corrected chi connectivity index (χ1v) is 6.47. The van der Waals surface area contributed by atoms with Crippen molar-refractivity contribution in [1.82, 2.24) is 0 Å². The molecule has 3 nitrogen and oxygen atoms in total. The van der Waals surface area contributed by atoms with Crippen LogP contribution in [0.1, 0.15) is 5.56 Å². The van der Waals surface area contributed by atoms with Crippen LogP contribution in [0, 0.1) is 27.6 Å². The summed E-state index contributed by atoms with van der Waals surface area (Å²) in [5, 5.41) is 10.6. The van der Waals surface area contributed by atoms with Gasteiger partial charge in [0.15, 0.2) is 0 Å². The van der Waals surface area contributed by atoms with Gasteiger partial charge in [-0.2, -0.15) is 4.39 Å². The summed E-state index contributed by atoms with van der Waals surface area (Å²) in [6, 6.07) is 6.86. The number of benzene rings is 2. The molecule has 0 heterocycles. The summed E-state index contributed by atoms with van der Waals surface area (Å²) in [4.78, 5) is 9.93. The number of nitro groups is 1. The number of thioether (sulfide) groups is 1. The van der Waals surface area contributed by atoms with Crippen LogP contribution in [0.25, 0.3) is 0 Å². The molecule has 0 radical (unpaired) electrons. The van der Waals surface area contributed by atoms with Crippen molar-refractivity contribution >= 4 is 17.4 Å². The number of hydrogen-bond donors (Lipinski definition) is 0. The maximum Gasteiger partial charge on any atom is 0.305 e. The minimum atomic E-state index is -0.937. The van der Waals surface area contributed by atoms with E-state index >= 15 is 0 Å². The Kier molecular flexibility index (Phi) is 4.29. The quantitative estimate of drug-likeness (QED) is 0.480. The predicted molar refractivity (Wildman–Crippen MR) is 69.0 cm³/mol. The van der Waals surface area contributed by atoms with Gasteiger partial charge in [-0.1, -0.05) is 12.1 Å². The monoisotopic (exact) mass is 299 g/mol. The SMILES string of the molecule is O=[N+]([O-])c1cccc(CSc2ccc(F)cc2F)c1F. The smallest absolute Gasteiger partial charge is 0.258 e. The largest absolute Gasteiger partial charge is 0.305 e. The molecule has 20 heavy (non-hydrogen) atoms. The Labute approximate surface area is 116 Å². The number of nitro benzene ring substituents is 1. The van der Waals surface area contributed by atoms with Crippen molar-refractivity contribution in [1.29, 1.82) is 0 Å². The molecule has 0 saturated carbocycles. The van der Waals surface area contributed by atoms with E-state index in [1.807, 2.05) is 0 Å². The fraction of sp³-hybridized carbons (Fsp3) is 0.0769. The molecular weight excluding hydrogens is 291 g/mol. The molecule has 0 aliphatic heterocycles. The highest BCUT2D eigenvalue weighted by molar-refractivity contribution is 7.98. The minimum Gasteiger partial charge on any atom is -0.258 e. The lowest BCUT2D eigenvalue weighted by molar-refractivity contribution is -0.387. The highest BCUT2D eigenvalue weighted by Crippen LogP contribution is 2.29.